The second-order valence-corrected chi connectivity index (χ2v) is 4.04. The number of esters is 1. The van der Waals surface area contributed by atoms with Crippen LogP contribution in [0, 0.1) is 0 Å². The molecular weight excluding hydrogens is 220 g/mol. The number of carboxylic acid groups (broad SMARTS) is 1. The van der Waals surface area contributed by atoms with Crippen molar-refractivity contribution in [2.45, 2.75) is 32.3 Å². The fraction of sp³-hybridized carbons (Fsp3) is 0.385. The Morgan fingerprint density at radius 2 is 1.82 bits per heavy atom. The summed E-state index contributed by atoms with van der Waals surface area (Å²) in [6.45, 7) is 3.46. The standard InChI is InChI=1S/C13H16O4/c1-9(2)17-12(14)8-11(13(15)16)10-6-4-3-5-7-10/h3-7,9,11H,8H2,1-2H3,(H,15,16)/t11-/m1/s1. The van der Waals surface area contributed by atoms with E-state index in [0.717, 1.165) is 0 Å². The first kappa shape index (κ1) is 13.2. The Kier molecular flexibility index (Phi) is 4.69. The van der Waals surface area contributed by atoms with Crippen molar-refractivity contribution in [3.05, 3.63) is 35.9 Å². The minimum absolute atomic E-state index is 0.141. The van der Waals surface area contributed by atoms with Crippen LogP contribution in [0.3, 0.4) is 0 Å². The minimum atomic E-state index is -1.02. The number of hydrogen-bond acceptors (Lipinski definition) is 3. The highest BCUT2D eigenvalue weighted by molar-refractivity contribution is 5.83. The van der Waals surface area contributed by atoms with Gasteiger partial charge < -0.3 is 9.84 Å². The van der Waals surface area contributed by atoms with E-state index in [1.54, 1.807) is 44.2 Å². The topological polar surface area (TPSA) is 63.6 Å². The van der Waals surface area contributed by atoms with Crippen molar-refractivity contribution in [2.24, 2.45) is 0 Å². The van der Waals surface area contributed by atoms with Crippen molar-refractivity contribution < 1.29 is 19.4 Å². The number of rotatable bonds is 5. The highest BCUT2D eigenvalue weighted by atomic mass is 16.5. The van der Waals surface area contributed by atoms with Crippen LogP contribution in [0.5, 0.6) is 0 Å². The Labute approximate surface area is 100 Å². The number of hydrogen-bond donors (Lipinski definition) is 1. The third-order valence-electron chi connectivity index (χ3n) is 2.24. The Balaban J connectivity index is 2.75. The first-order valence-corrected chi connectivity index (χ1v) is 5.48. The van der Waals surface area contributed by atoms with Crippen LogP contribution >= 0.6 is 0 Å². The van der Waals surface area contributed by atoms with Crippen LogP contribution in [0.25, 0.3) is 0 Å². The third-order valence-corrected chi connectivity index (χ3v) is 2.24. The van der Waals surface area contributed by atoms with Gasteiger partial charge in [-0.05, 0) is 19.4 Å². The zero-order chi connectivity index (χ0) is 12.8. The van der Waals surface area contributed by atoms with Crippen molar-refractivity contribution in [2.75, 3.05) is 0 Å². The second-order valence-electron chi connectivity index (χ2n) is 4.04. The van der Waals surface area contributed by atoms with E-state index in [1.807, 2.05) is 0 Å². The molecule has 0 saturated heterocycles. The van der Waals surface area contributed by atoms with Crippen molar-refractivity contribution >= 4 is 11.9 Å². The molecule has 1 rings (SSSR count). The maximum absolute atomic E-state index is 11.5. The second kappa shape index (κ2) is 6.03. The summed E-state index contributed by atoms with van der Waals surface area (Å²) in [5.74, 6) is -2.35. The largest absolute Gasteiger partial charge is 0.481 e. The van der Waals surface area contributed by atoms with E-state index in [-0.39, 0.29) is 12.5 Å². The average molecular weight is 236 g/mol. The van der Waals surface area contributed by atoms with Gasteiger partial charge in [0.25, 0.3) is 0 Å². The molecule has 17 heavy (non-hydrogen) atoms. The first-order valence-electron chi connectivity index (χ1n) is 5.48. The predicted octanol–water partition coefficient (Wildman–Crippen LogP) is 2.20. The molecule has 0 aromatic heterocycles. The molecule has 0 aliphatic rings. The van der Waals surface area contributed by atoms with Gasteiger partial charge in [-0.1, -0.05) is 30.3 Å². The molecule has 0 spiro atoms. The summed E-state index contributed by atoms with van der Waals surface area (Å²) in [6.07, 6.45) is -0.370. The summed E-state index contributed by atoms with van der Waals surface area (Å²) in [5, 5.41) is 9.10. The third kappa shape index (κ3) is 4.26. The van der Waals surface area contributed by atoms with Crippen molar-refractivity contribution in [1.29, 1.82) is 0 Å². The van der Waals surface area contributed by atoms with E-state index >= 15 is 0 Å². The minimum Gasteiger partial charge on any atom is -0.481 e. The normalized spacial score (nSPS) is 12.2. The summed E-state index contributed by atoms with van der Waals surface area (Å²) < 4.78 is 4.95. The Morgan fingerprint density at radius 1 is 1.24 bits per heavy atom. The molecule has 0 heterocycles. The fourth-order valence-electron chi connectivity index (χ4n) is 1.51. The fourth-order valence-corrected chi connectivity index (χ4v) is 1.51. The molecule has 0 amide bonds. The number of benzene rings is 1. The number of carbonyl (C=O) groups excluding carboxylic acids is 1. The molecule has 1 atom stereocenters. The van der Waals surface area contributed by atoms with Gasteiger partial charge in [-0.15, -0.1) is 0 Å². The molecule has 1 aromatic carbocycles. The van der Waals surface area contributed by atoms with E-state index in [0.29, 0.717) is 5.56 Å². The molecule has 4 heteroatoms. The van der Waals surface area contributed by atoms with Crippen LogP contribution in [0.2, 0.25) is 0 Å². The van der Waals surface area contributed by atoms with Crippen molar-refractivity contribution in [1.82, 2.24) is 0 Å². The van der Waals surface area contributed by atoms with E-state index in [9.17, 15) is 9.59 Å². The van der Waals surface area contributed by atoms with Crippen LogP contribution in [-0.4, -0.2) is 23.1 Å². The van der Waals surface area contributed by atoms with Gasteiger partial charge in [0.1, 0.15) is 0 Å². The van der Waals surface area contributed by atoms with E-state index in [2.05, 4.69) is 0 Å². The molecule has 0 aliphatic heterocycles. The molecule has 1 N–H and O–H groups in total. The highest BCUT2D eigenvalue weighted by Gasteiger charge is 2.24. The maximum Gasteiger partial charge on any atom is 0.311 e. The lowest BCUT2D eigenvalue weighted by molar-refractivity contribution is -0.151. The van der Waals surface area contributed by atoms with Gasteiger partial charge in [-0.3, -0.25) is 9.59 Å². The highest BCUT2D eigenvalue weighted by Crippen LogP contribution is 2.20. The summed E-state index contributed by atoms with van der Waals surface area (Å²) in [5.41, 5.74) is 0.612. The molecule has 0 bridgehead atoms. The van der Waals surface area contributed by atoms with Gasteiger partial charge in [-0.25, -0.2) is 0 Å². The molecule has 4 nitrogen and oxygen atoms in total. The van der Waals surface area contributed by atoms with Crippen molar-refractivity contribution in [3.63, 3.8) is 0 Å². The van der Waals surface area contributed by atoms with Crippen LogP contribution in [0.15, 0.2) is 30.3 Å². The van der Waals surface area contributed by atoms with Gasteiger partial charge in [-0.2, -0.15) is 0 Å². The predicted molar refractivity (Wildman–Crippen MR) is 62.7 cm³/mol. The molecule has 0 aliphatic carbocycles. The van der Waals surface area contributed by atoms with Gasteiger partial charge in [0.15, 0.2) is 0 Å². The van der Waals surface area contributed by atoms with Gasteiger partial charge in [0.2, 0.25) is 0 Å². The summed E-state index contributed by atoms with van der Waals surface area (Å²) in [4.78, 5) is 22.6. The quantitative estimate of drug-likeness (QED) is 0.796. The van der Waals surface area contributed by atoms with Gasteiger partial charge in [0, 0.05) is 0 Å². The van der Waals surface area contributed by atoms with E-state index < -0.39 is 17.9 Å². The lowest BCUT2D eigenvalue weighted by Gasteiger charge is -2.13. The SMILES string of the molecule is CC(C)OC(=O)C[C@@H](C(=O)O)c1ccccc1. The Morgan fingerprint density at radius 3 is 2.29 bits per heavy atom. The molecule has 92 valence electrons. The van der Waals surface area contributed by atoms with Gasteiger partial charge in [0.05, 0.1) is 18.4 Å². The average Bonchev–Trinajstić information content (AvgIpc) is 2.25. The van der Waals surface area contributed by atoms with Crippen LogP contribution in [0.1, 0.15) is 31.7 Å². The Bertz CT molecular complexity index is 384. The first-order chi connectivity index (χ1) is 8.00. The molecule has 0 radical (unpaired) electrons. The molecule has 0 saturated carbocycles. The molecule has 0 unspecified atom stereocenters. The number of aliphatic carboxylic acids is 1. The summed E-state index contributed by atoms with van der Waals surface area (Å²) in [6, 6.07) is 8.69. The monoisotopic (exact) mass is 236 g/mol. The zero-order valence-corrected chi connectivity index (χ0v) is 9.92. The van der Waals surface area contributed by atoms with Crippen LogP contribution < -0.4 is 0 Å². The number of carboxylic acids is 1. The smallest absolute Gasteiger partial charge is 0.311 e. The number of ether oxygens (including phenoxy) is 1. The number of carbonyl (C=O) groups is 2. The van der Waals surface area contributed by atoms with Crippen LogP contribution in [0.4, 0.5) is 0 Å². The lowest BCUT2D eigenvalue weighted by Crippen LogP contribution is -2.19. The zero-order valence-electron chi connectivity index (χ0n) is 9.92. The summed E-state index contributed by atoms with van der Waals surface area (Å²) in [7, 11) is 0. The maximum atomic E-state index is 11.5. The lowest BCUT2D eigenvalue weighted by atomic mass is 9.96. The molecular formula is C13H16O4. The summed E-state index contributed by atoms with van der Waals surface area (Å²) >= 11 is 0. The van der Waals surface area contributed by atoms with E-state index in [4.69, 9.17) is 9.84 Å². The molecule has 1 aromatic rings. The van der Waals surface area contributed by atoms with E-state index in [1.165, 1.54) is 0 Å². The Hall–Kier alpha value is -1.84. The molecule has 0 fully saturated rings. The van der Waals surface area contributed by atoms with Gasteiger partial charge >= 0.3 is 11.9 Å². The van der Waals surface area contributed by atoms with Crippen molar-refractivity contribution in [3.8, 4) is 0 Å². The van der Waals surface area contributed by atoms with Crippen LogP contribution in [-0.2, 0) is 14.3 Å².